The van der Waals surface area contributed by atoms with Gasteiger partial charge in [-0.1, -0.05) is 52.3 Å². The number of hydrogen-bond donors (Lipinski definition) is 3. The number of benzene rings is 2. The van der Waals surface area contributed by atoms with Gasteiger partial charge in [-0.2, -0.15) is 0 Å². The standard InChI is InChI=1S/C37H51NO7S/c1-5-28-32-21-24(39)17-19-37(32,4)31-18-20-36(3)29(15-16-30(36)33(31)34(28)40)23(2)22-44-35(41)38-46(42,43)27-13-11-26(12-14-27)45-25-9-7-6-8-10-25/h6-14,23-24,28-34,39-40H,5,15-22H2,1-4H3,(H,38,41)/t23-,24-,28-,29-,30+,31+,32+,33+,34-,36-,37-/m1/s1. The number of carbonyl (C=O) groups excluding carboxylic acids is 1. The molecule has 3 N–H and O–H groups in total. The molecule has 0 saturated heterocycles. The minimum absolute atomic E-state index is 0.0205. The first-order valence-corrected chi connectivity index (χ1v) is 18.7. The van der Waals surface area contributed by atoms with Crippen molar-refractivity contribution in [3.05, 3.63) is 54.6 Å². The number of sulfonamides is 1. The Morgan fingerprint density at radius 1 is 0.913 bits per heavy atom. The molecule has 252 valence electrons. The third-order valence-electron chi connectivity index (χ3n) is 13.0. The summed E-state index contributed by atoms with van der Waals surface area (Å²) in [4.78, 5) is 12.7. The predicted molar refractivity (Wildman–Crippen MR) is 176 cm³/mol. The smallest absolute Gasteiger partial charge is 0.421 e. The van der Waals surface area contributed by atoms with Gasteiger partial charge in [0.2, 0.25) is 0 Å². The highest BCUT2D eigenvalue weighted by atomic mass is 32.2. The summed E-state index contributed by atoms with van der Waals surface area (Å²) in [6.07, 6.45) is 6.24. The first-order valence-electron chi connectivity index (χ1n) is 17.3. The Hall–Kier alpha value is -2.62. The van der Waals surface area contributed by atoms with E-state index >= 15 is 0 Å². The van der Waals surface area contributed by atoms with Crippen molar-refractivity contribution >= 4 is 16.1 Å². The molecule has 4 fully saturated rings. The van der Waals surface area contributed by atoms with Crippen molar-refractivity contribution in [2.24, 2.45) is 52.3 Å². The fourth-order valence-electron chi connectivity index (χ4n) is 10.8. The van der Waals surface area contributed by atoms with Gasteiger partial charge >= 0.3 is 6.09 Å². The highest BCUT2D eigenvalue weighted by Crippen LogP contribution is 2.69. The van der Waals surface area contributed by atoms with Crippen LogP contribution < -0.4 is 9.46 Å². The number of aliphatic hydroxyl groups is 2. The summed E-state index contributed by atoms with van der Waals surface area (Å²) >= 11 is 0. The van der Waals surface area contributed by atoms with Crippen LogP contribution in [0.15, 0.2) is 59.5 Å². The first-order chi connectivity index (χ1) is 21.9. The van der Waals surface area contributed by atoms with E-state index in [4.69, 9.17) is 9.47 Å². The van der Waals surface area contributed by atoms with Gasteiger partial charge in [0.25, 0.3) is 10.0 Å². The Labute approximate surface area is 274 Å². The Kier molecular flexibility index (Phi) is 9.24. The molecule has 2 aromatic rings. The van der Waals surface area contributed by atoms with Gasteiger partial charge in [-0.05, 0) is 134 Å². The summed E-state index contributed by atoms with van der Waals surface area (Å²) < 4.78 is 39.2. The van der Waals surface area contributed by atoms with Gasteiger partial charge < -0.3 is 19.7 Å². The van der Waals surface area contributed by atoms with Crippen molar-refractivity contribution < 1.29 is 32.9 Å². The van der Waals surface area contributed by atoms with Crippen LogP contribution in [0, 0.1) is 52.3 Å². The summed E-state index contributed by atoms with van der Waals surface area (Å²) in [5.74, 6) is 3.15. The predicted octanol–water partition coefficient (Wildman–Crippen LogP) is 7.16. The molecule has 46 heavy (non-hydrogen) atoms. The number of carbonyl (C=O) groups is 1. The van der Waals surface area contributed by atoms with Gasteiger partial charge in [0.05, 0.1) is 23.7 Å². The van der Waals surface area contributed by atoms with Crippen molar-refractivity contribution in [2.45, 2.75) is 96.2 Å². The van der Waals surface area contributed by atoms with Gasteiger partial charge in [0.1, 0.15) is 11.5 Å². The van der Waals surface area contributed by atoms with Gasteiger partial charge in [-0.3, -0.25) is 0 Å². The molecule has 2 aromatic carbocycles. The van der Waals surface area contributed by atoms with Gasteiger partial charge in [-0.25, -0.2) is 17.9 Å². The third-order valence-corrected chi connectivity index (χ3v) is 14.3. The molecule has 0 radical (unpaired) electrons. The number of ether oxygens (including phenoxy) is 2. The van der Waals surface area contributed by atoms with E-state index < -0.39 is 16.1 Å². The van der Waals surface area contributed by atoms with E-state index in [1.54, 1.807) is 24.3 Å². The maximum Gasteiger partial charge on any atom is 0.421 e. The number of fused-ring (bicyclic) bond motifs is 5. The van der Waals surface area contributed by atoms with Crippen molar-refractivity contribution in [1.82, 2.24) is 4.72 Å². The highest BCUT2D eigenvalue weighted by molar-refractivity contribution is 7.90. The van der Waals surface area contributed by atoms with E-state index in [0.29, 0.717) is 35.2 Å². The second kappa shape index (κ2) is 12.8. The Morgan fingerprint density at radius 2 is 1.57 bits per heavy atom. The maximum atomic E-state index is 12.9. The Morgan fingerprint density at radius 3 is 2.26 bits per heavy atom. The molecular formula is C37H51NO7S. The number of hydrogen-bond acceptors (Lipinski definition) is 7. The largest absolute Gasteiger partial charge is 0.457 e. The van der Waals surface area contributed by atoms with E-state index in [0.717, 1.165) is 51.4 Å². The molecule has 11 atom stereocenters. The molecule has 1 amide bonds. The molecule has 4 saturated carbocycles. The van der Waals surface area contributed by atoms with Crippen LogP contribution in [-0.2, 0) is 14.8 Å². The van der Waals surface area contributed by atoms with Crippen LogP contribution in [0.3, 0.4) is 0 Å². The zero-order chi connectivity index (χ0) is 32.9. The zero-order valence-corrected chi connectivity index (χ0v) is 28.4. The molecule has 0 aliphatic heterocycles. The molecule has 4 aliphatic carbocycles. The summed E-state index contributed by atoms with van der Waals surface area (Å²) in [6.45, 7) is 9.24. The molecule has 4 aliphatic rings. The van der Waals surface area contributed by atoms with Gasteiger partial charge in [0, 0.05) is 0 Å². The molecule has 8 nitrogen and oxygen atoms in total. The number of para-hydroxylation sites is 1. The van der Waals surface area contributed by atoms with E-state index in [1.165, 1.54) is 12.1 Å². The van der Waals surface area contributed by atoms with E-state index in [2.05, 4.69) is 32.4 Å². The maximum absolute atomic E-state index is 12.9. The van der Waals surface area contributed by atoms with Crippen molar-refractivity contribution in [3.8, 4) is 11.5 Å². The summed E-state index contributed by atoms with van der Waals surface area (Å²) in [6, 6.07) is 15.1. The lowest BCUT2D eigenvalue weighted by molar-refractivity contribution is -0.203. The Balaban J connectivity index is 1.07. The minimum Gasteiger partial charge on any atom is -0.457 e. The second-order valence-electron chi connectivity index (χ2n) is 15.2. The zero-order valence-electron chi connectivity index (χ0n) is 27.6. The number of rotatable bonds is 8. The molecule has 0 unspecified atom stereocenters. The topological polar surface area (TPSA) is 122 Å². The van der Waals surface area contributed by atoms with E-state index in [1.807, 2.05) is 18.2 Å². The van der Waals surface area contributed by atoms with Gasteiger partial charge in [-0.15, -0.1) is 0 Å². The normalized spacial score (nSPS) is 37.7. The van der Waals surface area contributed by atoms with Gasteiger partial charge in [0.15, 0.2) is 0 Å². The highest BCUT2D eigenvalue weighted by Gasteiger charge is 2.64. The quantitative estimate of drug-likeness (QED) is 0.276. The van der Waals surface area contributed by atoms with Crippen molar-refractivity contribution in [3.63, 3.8) is 0 Å². The molecule has 0 heterocycles. The third kappa shape index (κ3) is 5.96. The Bertz CT molecular complexity index is 1480. The van der Waals surface area contributed by atoms with Crippen LogP contribution in [-0.4, -0.2) is 43.5 Å². The fourth-order valence-corrected chi connectivity index (χ4v) is 11.7. The summed E-state index contributed by atoms with van der Waals surface area (Å²) in [5.41, 5.74) is 0.170. The summed E-state index contributed by atoms with van der Waals surface area (Å²) in [7, 11) is -4.12. The monoisotopic (exact) mass is 653 g/mol. The van der Waals surface area contributed by atoms with Crippen LogP contribution in [0.25, 0.3) is 0 Å². The number of aliphatic hydroxyl groups excluding tert-OH is 2. The molecule has 9 heteroatoms. The number of nitrogens with one attached hydrogen (secondary N) is 1. The van der Waals surface area contributed by atoms with Crippen LogP contribution in [0.5, 0.6) is 11.5 Å². The van der Waals surface area contributed by atoms with E-state index in [9.17, 15) is 23.4 Å². The molecule has 6 rings (SSSR count). The lowest BCUT2D eigenvalue weighted by atomic mass is 9.41. The second-order valence-corrected chi connectivity index (χ2v) is 16.9. The molecule has 0 aromatic heterocycles. The van der Waals surface area contributed by atoms with E-state index in [-0.39, 0.29) is 52.3 Å². The van der Waals surface area contributed by atoms with Crippen molar-refractivity contribution in [2.75, 3.05) is 6.61 Å². The van der Waals surface area contributed by atoms with Crippen LogP contribution >= 0.6 is 0 Å². The van der Waals surface area contributed by atoms with Crippen LogP contribution in [0.2, 0.25) is 0 Å². The van der Waals surface area contributed by atoms with Crippen LogP contribution in [0.1, 0.15) is 79.1 Å². The lowest BCUT2D eigenvalue weighted by Gasteiger charge is -2.64. The van der Waals surface area contributed by atoms with Crippen molar-refractivity contribution in [1.29, 1.82) is 0 Å². The molecular weight excluding hydrogens is 602 g/mol. The number of amides is 1. The average Bonchev–Trinajstić information content (AvgIpc) is 3.39. The lowest BCUT2D eigenvalue weighted by Crippen LogP contribution is -2.62. The fraction of sp³-hybridized carbons (Fsp3) is 0.649. The average molecular weight is 654 g/mol. The minimum atomic E-state index is -4.12. The SMILES string of the molecule is CC[C@H]1[C@@H](O)[C@@H]2[C@H](CC[C@]3(C)[C@@H]([C@H](C)COC(=O)NS(=O)(=O)c4ccc(Oc5ccccc5)cc4)CC[C@@H]23)[C@@]2(C)CC[C@@H](O)C[C@@H]12. The summed E-state index contributed by atoms with van der Waals surface area (Å²) in [5, 5.41) is 22.5. The first kappa shape index (κ1) is 33.3. The molecule has 0 bridgehead atoms. The molecule has 0 spiro atoms. The van der Waals surface area contributed by atoms with Crippen LogP contribution in [0.4, 0.5) is 4.79 Å².